The van der Waals surface area contributed by atoms with Gasteiger partial charge in [-0.1, -0.05) is 66.4 Å². The van der Waals surface area contributed by atoms with E-state index in [0.717, 1.165) is 26.7 Å². The van der Waals surface area contributed by atoms with Crippen LogP contribution in [0.3, 0.4) is 0 Å². The highest BCUT2D eigenvalue weighted by molar-refractivity contribution is 7.99. The van der Waals surface area contributed by atoms with Crippen molar-refractivity contribution in [1.29, 1.82) is 0 Å². The molecule has 1 heterocycles. The van der Waals surface area contributed by atoms with Gasteiger partial charge in [-0.15, -0.1) is 0 Å². The van der Waals surface area contributed by atoms with Crippen LogP contribution in [-0.2, 0) is 6.54 Å². The van der Waals surface area contributed by atoms with Crippen LogP contribution in [0.25, 0.3) is 0 Å². The fourth-order valence-electron chi connectivity index (χ4n) is 4.28. The van der Waals surface area contributed by atoms with Crippen molar-refractivity contribution in [2.24, 2.45) is 0 Å². The number of fused-ring (bicyclic) bond motifs is 2. The summed E-state index contributed by atoms with van der Waals surface area (Å²) in [4.78, 5) is 30.6. The summed E-state index contributed by atoms with van der Waals surface area (Å²) >= 11 is 1.54. The first-order valence-electron chi connectivity index (χ1n) is 11.7. The minimum Gasteiger partial charge on any atom is -0.497 e. The van der Waals surface area contributed by atoms with Gasteiger partial charge in [0.2, 0.25) is 0 Å². The molecule has 5 nitrogen and oxygen atoms in total. The summed E-state index contributed by atoms with van der Waals surface area (Å²) in [5.41, 5.74) is 3.83. The van der Waals surface area contributed by atoms with Crippen LogP contribution in [0.1, 0.15) is 44.8 Å². The number of hydrogen-bond acceptors (Lipinski definition) is 4. The van der Waals surface area contributed by atoms with Crippen molar-refractivity contribution in [3.63, 3.8) is 0 Å². The molecule has 0 unspecified atom stereocenters. The molecule has 180 valence electrons. The number of ether oxygens (including phenoxy) is 1. The molecular formula is C30H26N2O3S. The Hall–Kier alpha value is -4.03. The number of benzene rings is 4. The third-order valence-corrected chi connectivity index (χ3v) is 7.36. The maximum atomic E-state index is 13.8. The molecule has 1 aliphatic rings. The van der Waals surface area contributed by atoms with E-state index < -0.39 is 0 Å². The largest absolute Gasteiger partial charge is 0.497 e. The van der Waals surface area contributed by atoms with Gasteiger partial charge in [-0.2, -0.15) is 0 Å². The second-order valence-electron chi connectivity index (χ2n) is 8.63. The summed E-state index contributed by atoms with van der Waals surface area (Å²) in [5.74, 6) is 0.442. The highest BCUT2D eigenvalue weighted by Crippen LogP contribution is 2.42. The summed E-state index contributed by atoms with van der Waals surface area (Å²) in [6, 6.07) is 30.6. The number of nitrogens with zero attached hydrogens (tertiary/aromatic N) is 1. The van der Waals surface area contributed by atoms with Gasteiger partial charge in [0.25, 0.3) is 11.8 Å². The van der Waals surface area contributed by atoms with Gasteiger partial charge in [-0.05, 0) is 60.5 Å². The highest BCUT2D eigenvalue weighted by atomic mass is 32.2. The molecule has 0 spiro atoms. The van der Waals surface area contributed by atoms with Gasteiger partial charge in [0, 0.05) is 15.4 Å². The fourth-order valence-corrected chi connectivity index (χ4v) is 5.34. The second kappa shape index (κ2) is 10.3. The molecule has 0 fully saturated rings. The van der Waals surface area contributed by atoms with E-state index in [-0.39, 0.29) is 17.9 Å². The van der Waals surface area contributed by atoms with Crippen LogP contribution in [0, 0.1) is 0 Å². The smallest absolute Gasteiger partial charge is 0.259 e. The van der Waals surface area contributed by atoms with Crippen LogP contribution in [0.4, 0.5) is 5.69 Å². The predicted octanol–water partition coefficient (Wildman–Crippen LogP) is 6.50. The monoisotopic (exact) mass is 494 g/mol. The first kappa shape index (κ1) is 23.7. The Morgan fingerprint density at radius 3 is 2.50 bits per heavy atom. The highest BCUT2D eigenvalue weighted by Gasteiger charge is 2.28. The quantitative estimate of drug-likeness (QED) is 0.333. The van der Waals surface area contributed by atoms with Crippen molar-refractivity contribution in [2.75, 3.05) is 12.0 Å². The molecule has 0 radical (unpaired) electrons. The molecule has 0 saturated carbocycles. The van der Waals surface area contributed by atoms with Gasteiger partial charge in [0.1, 0.15) is 5.75 Å². The number of hydrogen-bond donors (Lipinski definition) is 1. The van der Waals surface area contributed by atoms with Crippen molar-refractivity contribution >= 4 is 29.3 Å². The van der Waals surface area contributed by atoms with Gasteiger partial charge in [0.15, 0.2) is 0 Å². The van der Waals surface area contributed by atoms with Crippen LogP contribution in [0.5, 0.6) is 5.75 Å². The number of carbonyl (C=O) groups excluding carboxylic acids is 2. The van der Waals surface area contributed by atoms with E-state index in [1.807, 2.05) is 104 Å². The Bertz CT molecular complexity index is 1420. The average molecular weight is 495 g/mol. The van der Waals surface area contributed by atoms with Crippen LogP contribution in [0.15, 0.2) is 107 Å². The lowest BCUT2D eigenvalue weighted by atomic mass is 10.1. The molecule has 4 aromatic rings. The van der Waals surface area contributed by atoms with E-state index in [9.17, 15) is 9.59 Å². The van der Waals surface area contributed by atoms with Crippen molar-refractivity contribution in [3.05, 3.63) is 119 Å². The Morgan fingerprint density at radius 1 is 0.917 bits per heavy atom. The first-order chi connectivity index (χ1) is 17.5. The Morgan fingerprint density at radius 2 is 1.69 bits per heavy atom. The fraction of sp³-hybridized carbons (Fsp3) is 0.133. The summed E-state index contributed by atoms with van der Waals surface area (Å²) in [6.07, 6.45) is 0. The summed E-state index contributed by atoms with van der Waals surface area (Å²) < 4.78 is 5.38. The lowest BCUT2D eigenvalue weighted by molar-refractivity contribution is 0.0937. The van der Waals surface area contributed by atoms with Gasteiger partial charge >= 0.3 is 0 Å². The normalized spacial score (nSPS) is 13.3. The van der Waals surface area contributed by atoms with Crippen LogP contribution in [0.2, 0.25) is 0 Å². The first-order valence-corrected chi connectivity index (χ1v) is 12.6. The maximum absolute atomic E-state index is 13.8. The lowest BCUT2D eigenvalue weighted by Crippen LogP contribution is -2.31. The SMILES string of the molecule is COc1cccc(CN2C(=O)c3ccccc3Sc3ccc(C(=O)N[C@@H](C)c4ccccc4)cc32)c1. The molecule has 5 rings (SSSR count). The Labute approximate surface area is 215 Å². The Kier molecular flexibility index (Phi) is 6.78. The van der Waals surface area contributed by atoms with Gasteiger partial charge in [0.05, 0.1) is 30.9 Å². The molecule has 0 saturated heterocycles. The predicted molar refractivity (Wildman–Crippen MR) is 143 cm³/mol. The third-order valence-electron chi connectivity index (χ3n) is 6.22. The topological polar surface area (TPSA) is 58.6 Å². The van der Waals surface area contributed by atoms with Crippen LogP contribution in [-0.4, -0.2) is 18.9 Å². The number of rotatable bonds is 6. The van der Waals surface area contributed by atoms with E-state index in [4.69, 9.17) is 4.74 Å². The zero-order valence-corrected chi connectivity index (χ0v) is 20.9. The number of amides is 2. The number of anilines is 1. The average Bonchev–Trinajstić information content (AvgIpc) is 3.03. The number of nitrogens with one attached hydrogen (secondary N) is 1. The molecular weight excluding hydrogens is 468 g/mol. The standard InChI is InChI=1S/C30H26N2O3S/c1-20(22-10-4-3-5-11-22)31-29(33)23-15-16-28-26(18-23)32(19-21-9-8-12-24(17-21)35-2)30(34)25-13-6-7-14-27(25)36-28/h3-18,20H,19H2,1-2H3,(H,31,33)/t20-/m0/s1. The van der Waals surface area contributed by atoms with E-state index in [2.05, 4.69) is 5.32 Å². The second-order valence-corrected chi connectivity index (χ2v) is 9.71. The van der Waals surface area contributed by atoms with E-state index in [1.165, 1.54) is 0 Å². The third kappa shape index (κ3) is 4.86. The Balaban J connectivity index is 1.52. The summed E-state index contributed by atoms with van der Waals surface area (Å²) in [6.45, 7) is 2.31. The number of methoxy groups -OCH3 is 1. The molecule has 4 aromatic carbocycles. The van der Waals surface area contributed by atoms with Gasteiger partial charge < -0.3 is 15.0 Å². The van der Waals surface area contributed by atoms with E-state index >= 15 is 0 Å². The van der Waals surface area contributed by atoms with E-state index in [1.54, 1.807) is 23.8 Å². The zero-order chi connectivity index (χ0) is 25.1. The lowest BCUT2D eigenvalue weighted by Gasteiger charge is -2.24. The van der Waals surface area contributed by atoms with Gasteiger partial charge in [-0.3, -0.25) is 9.59 Å². The number of carbonyl (C=O) groups is 2. The molecule has 1 aliphatic heterocycles. The maximum Gasteiger partial charge on any atom is 0.259 e. The van der Waals surface area contributed by atoms with E-state index in [0.29, 0.717) is 23.4 Å². The van der Waals surface area contributed by atoms with Crippen molar-refractivity contribution in [3.8, 4) is 5.75 Å². The minimum absolute atomic E-state index is 0.102. The molecule has 0 bridgehead atoms. The van der Waals surface area contributed by atoms with Crippen LogP contribution < -0.4 is 15.0 Å². The molecule has 6 heteroatoms. The molecule has 0 aromatic heterocycles. The summed E-state index contributed by atoms with van der Waals surface area (Å²) in [5, 5.41) is 3.08. The molecule has 1 atom stereocenters. The molecule has 0 aliphatic carbocycles. The molecule has 1 N–H and O–H groups in total. The molecule has 2 amide bonds. The summed E-state index contributed by atoms with van der Waals surface area (Å²) in [7, 11) is 1.62. The van der Waals surface area contributed by atoms with Crippen LogP contribution >= 0.6 is 11.8 Å². The van der Waals surface area contributed by atoms with Crippen molar-refractivity contribution in [1.82, 2.24) is 5.32 Å². The van der Waals surface area contributed by atoms with Crippen molar-refractivity contribution in [2.45, 2.75) is 29.3 Å². The zero-order valence-electron chi connectivity index (χ0n) is 20.1. The molecule has 36 heavy (non-hydrogen) atoms. The minimum atomic E-state index is -0.185. The van der Waals surface area contributed by atoms with Gasteiger partial charge in [-0.25, -0.2) is 0 Å². The van der Waals surface area contributed by atoms with Crippen molar-refractivity contribution < 1.29 is 14.3 Å².